The number of benzene rings is 2. The zero-order chi connectivity index (χ0) is 28.6. The molecule has 4 N–H and O–H groups in total. The summed E-state index contributed by atoms with van der Waals surface area (Å²) in [5.74, 6) is -0.817. The largest absolute Gasteiger partial charge is 0.508 e. The van der Waals surface area contributed by atoms with Crippen molar-refractivity contribution >= 4 is 33.7 Å². The molecule has 204 valence electrons. The Kier molecular flexibility index (Phi) is 6.12. The minimum Gasteiger partial charge on any atom is -0.508 e. The number of amides is 1. The second-order valence-corrected chi connectivity index (χ2v) is 9.87. The van der Waals surface area contributed by atoms with Crippen molar-refractivity contribution in [3.63, 3.8) is 0 Å². The van der Waals surface area contributed by atoms with Crippen LogP contribution in [0.4, 0.5) is 10.1 Å². The molecule has 0 fully saturated rings. The number of phenolic OH excluding ortho intramolecular Hbond substituents is 1. The highest BCUT2D eigenvalue weighted by atomic mass is 19.1. The van der Waals surface area contributed by atoms with Crippen molar-refractivity contribution in [3.8, 4) is 39.4 Å². The van der Waals surface area contributed by atoms with E-state index in [9.17, 15) is 14.3 Å². The van der Waals surface area contributed by atoms with E-state index in [2.05, 4.69) is 35.5 Å². The van der Waals surface area contributed by atoms with E-state index < -0.39 is 5.82 Å². The van der Waals surface area contributed by atoms with Crippen LogP contribution in [0.3, 0.4) is 0 Å². The van der Waals surface area contributed by atoms with Crippen molar-refractivity contribution in [2.45, 2.75) is 6.42 Å². The summed E-state index contributed by atoms with van der Waals surface area (Å²) in [4.78, 5) is 29.2. The zero-order valence-corrected chi connectivity index (χ0v) is 22.0. The highest BCUT2D eigenvalue weighted by Crippen LogP contribution is 2.35. The topological polar surface area (TPSA) is 132 Å². The Bertz CT molecular complexity index is 2080. The highest BCUT2D eigenvalue weighted by Gasteiger charge is 2.16. The average molecular weight is 556 g/mol. The number of hydrogen-bond acceptors (Lipinski definition) is 6. The lowest BCUT2D eigenvalue weighted by Crippen LogP contribution is -2.14. The summed E-state index contributed by atoms with van der Waals surface area (Å²) in [6, 6.07) is 21.0. The van der Waals surface area contributed by atoms with Crippen molar-refractivity contribution in [1.82, 2.24) is 30.1 Å². The lowest BCUT2D eigenvalue weighted by atomic mass is 10.0. The van der Waals surface area contributed by atoms with Gasteiger partial charge in [-0.15, -0.1) is 0 Å². The van der Waals surface area contributed by atoms with Crippen LogP contribution in [0, 0.1) is 5.82 Å². The normalized spacial score (nSPS) is 11.3. The van der Waals surface area contributed by atoms with Crippen molar-refractivity contribution in [3.05, 3.63) is 109 Å². The quantitative estimate of drug-likeness (QED) is 0.192. The number of fused-ring (bicyclic) bond motifs is 2. The maximum Gasteiger partial charge on any atom is 0.228 e. The van der Waals surface area contributed by atoms with Crippen LogP contribution >= 0.6 is 0 Å². The van der Waals surface area contributed by atoms with E-state index in [1.807, 2.05) is 48.5 Å². The second kappa shape index (κ2) is 10.3. The third-order valence-electron chi connectivity index (χ3n) is 6.97. The summed E-state index contributed by atoms with van der Waals surface area (Å²) < 4.78 is 14.0. The summed E-state index contributed by atoms with van der Waals surface area (Å²) in [5, 5.41) is 21.8. The molecular formula is C32H22FN7O2. The fraction of sp³-hybridized carbons (Fsp3) is 0.0312. The maximum atomic E-state index is 14.0. The van der Waals surface area contributed by atoms with E-state index >= 15 is 0 Å². The monoisotopic (exact) mass is 555 g/mol. The van der Waals surface area contributed by atoms with Crippen molar-refractivity contribution in [2.24, 2.45) is 0 Å². The predicted octanol–water partition coefficient (Wildman–Crippen LogP) is 6.26. The Morgan fingerprint density at radius 2 is 1.74 bits per heavy atom. The Labute approximate surface area is 238 Å². The lowest BCUT2D eigenvalue weighted by molar-refractivity contribution is -0.115. The molecule has 0 spiro atoms. The van der Waals surface area contributed by atoms with Gasteiger partial charge in [-0.1, -0.05) is 30.3 Å². The summed E-state index contributed by atoms with van der Waals surface area (Å²) in [7, 11) is 0. The molecule has 9 nitrogen and oxygen atoms in total. The third kappa shape index (κ3) is 4.81. The average Bonchev–Trinajstić information content (AvgIpc) is 3.61. The number of aromatic nitrogens is 6. The number of halogens is 1. The van der Waals surface area contributed by atoms with E-state index in [0.717, 1.165) is 39.1 Å². The number of pyridine rings is 3. The van der Waals surface area contributed by atoms with Gasteiger partial charge in [0, 0.05) is 46.6 Å². The minimum atomic E-state index is -0.529. The fourth-order valence-electron chi connectivity index (χ4n) is 5.06. The summed E-state index contributed by atoms with van der Waals surface area (Å²) in [5.41, 5.74) is 6.87. The number of carbonyl (C=O) groups is 1. The number of nitrogens with one attached hydrogen (secondary N) is 3. The van der Waals surface area contributed by atoms with Gasteiger partial charge in [-0.05, 0) is 53.1 Å². The van der Waals surface area contributed by atoms with E-state index in [4.69, 9.17) is 0 Å². The van der Waals surface area contributed by atoms with Crippen LogP contribution < -0.4 is 5.32 Å². The Hall–Kier alpha value is -5.90. The molecule has 0 aliphatic rings. The number of aromatic hydroxyl groups is 1. The molecule has 0 saturated carbocycles. The molecule has 7 rings (SSSR count). The molecule has 0 aliphatic carbocycles. The van der Waals surface area contributed by atoms with Crippen LogP contribution in [-0.4, -0.2) is 41.1 Å². The molecule has 7 aromatic rings. The molecule has 0 radical (unpaired) electrons. The first kappa shape index (κ1) is 25.1. The van der Waals surface area contributed by atoms with Gasteiger partial charge in [-0.3, -0.25) is 14.9 Å². The number of anilines is 1. The van der Waals surface area contributed by atoms with Gasteiger partial charge in [0.2, 0.25) is 5.91 Å². The third-order valence-corrected chi connectivity index (χ3v) is 6.97. The van der Waals surface area contributed by atoms with Crippen LogP contribution in [-0.2, 0) is 11.2 Å². The first-order valence-electron chi connectivity index (χ1n) is 13.1. The van der Waals surface area contributed by atoms with E-state index in [1.54, 1.807) is 30.9 Å². The van der Waals surface area contributed by atoms with Gasteiger partial charge in [0.05, 0.1) is 29.7 Å². The van der Waals surface area contributed by atoms with Gasteiger partial charge in [-0.2, -0.15) is 5.10 Å². The molecule has 10 heteroatoms. The molecule has 1 amide bonds. The predicted molar refractivity (Wildman–Crippen MR) is 158 cm³/mol. The van der Waals surface area contributed by atoms with E-state index in [0.29, 0.717) is 33.9 Å². The van der Waals surface area contributed by atoms with Gasteiger partial charge in [0.1, 0.15) is 17.2 Å². The number of H-pyrrole nitrogens is 2. The van der Waals surface area contributed by atoms with Crippen molar-refractivity contribution < 1.29 is 14.3 Å². The van der Waals surface area contributed by atoms with Crippen LogP contribution in [0.5, 0.6) is 5.75 Å². The van der Waals surface area contributed by atoms with Gasteiger partial charge in [0.25, 0.3) is 0 Å². The molecule has 42 heavy (non-hydrogen) atoms. The summed E-state index contributed by atoms with van der Waals surface area (Å²) in [6.07, 6.45) is 6.92. The van der Waals surface area contributed by atoms with Gasteiger partial charge < -0.3 is 15.4 Å². The number of carbonyl (C=O) groups excluding carboxylic acids is 1. The van der Waals surface area contributed by atoms with Crippen LogP contribution in [0.15, 0.2) is 97.6 Å². The second-order valence-electron chi connectivity index (χ2n) is 9.87. The molecule has 0 saturated heterocycles. The SMILES string of the molecule is O=C(Cc1ccccc1)Nc1cncc(-c2cnc3n[nH]c(-c4cc5c(-c6cc(O)cc(F)c6)ccnc5[nH]4)c3c2)c1. The molecule has 0 unspecified atom stereocenters. The number of rotatable bonds is 6. The van der Waals surface area contributed by atoms with Crippen LogP contribution in [0.25, 0.3) is 55.7 Å². The molecule has 0 bridgehead atoms. The number of hydrogen-bond donors (Lipinski definition) is 4. The molecule has 5 heterocycles. The lowest BCUT2D eigenvalue weighted by Gasteiger charge is -2.07. The molecule has 2 aromatic carbocycles. The Morgan fingerprint density at radius 1 is 0.881 bits per heavy atom. The standard InChI is InChI=1S/C32H22FN7O2/c33-22-9-19(11-24(41)13-22)25-6-7-35-31-26(25)14-28(38-31)30-27-12-21(16-36-32(27)40-39-30)20-10-23(17-34-15-20)37-29(42)8-18-4-2-1-3-5-18/h1-7,9-17,41H,8H2,(H,35,38)(H,37,42)(H,36,39,40). The van der Waals surface area contributed by atoms with Crippen LogP contribution in [0.1, 0.15) is 5.56 Å². The van der Waals surface area contributed by atoms with E-state index in [1.165, 1.54) is 12.1 Å². The van der Waals surface area contributed by atoms with Crippen LogP contribution in [0.2, 0.25) is 0 Å². The molecule has 0 atom stereocenters. The number of phenols is 1. The maximum absolute atomic E-state index is 14.0. The minimum absolute atomic E-state index is 0.133. The van der Waals surface area contributed by atoms with Crippen molar-refractivity contribution in [2.75, 3.05) is 5.32 Å². The number of nitrogens with zero attached hydrogens (tertiary/aromatic N) is 4. The van der Waals surface area contributed by atoms with Gasteiger partial charge in [0.15, 0.2) is 5.65 Å². The first-order valence-corrected chi connectivity index (χ1v) is 13.1. The van der Waals surface area contributed by atoms with E-state index in [-0.39, 0.29) is 18.1 Å². The Balaban J connectivity index is 1.22. The van der Waals surface area contributed by atoms with Gasteiger partial charge in [-0.25, -0.2) is 14.4 Å². The van der Waals surface area contributed by atoms with Crippen molar-refractivity contribution in [1.29, 1.82) is 0 Å². The highest BCUT2D eigenvalue weighted by molar-refractivity contribution is 6.00. The summed E-state index contributed by atoms with van der Waals surface area (Å²) in [6.45, 7) is 0. The number of aromatic amines is 2. The summed E-state index contributed by atoms with van der Waals surface area (Å²) >= 11 is 0. The fourth-order valence-corrected chi connectivity index (χ4v) is 5.06. The molecule has 0 aliphatic heterocycles. The molecule has 5 aromatic heterocycles. The van der Waals surface area contributed by atoms with Gasteiger partial charge >= 0.3 is 0 Å². The first-order chi connectivity index (χ1) is 20.5. The molecular weight excluding hydrogens is 533 g/mol. The smallest absolute Gasteiger partial charge is 0.228 e. The zero-order valence-electron chi connectivity index (χ0n) is 22.0. The Morgan fingerprint density at radius 3 is 2.60 bits per heavy atom.